The largest absolute Gasteiger partial charge is 0.415 e. The van der Waals surface area contributed by atoms with Gasteiger partial charge in [-0.05, 0) is 55.8 Å². The molecule has 0 radical (unpaired) electrons. The van der Waals surface area contributed by atoms with E-state index in [0.29, 0.717) is 18.2 Å². The van der Waals surface area contributed by atoms with Gasteiger partial charge in [-0.25, -0.2) is 0 Å². The van der Waals surface area contributed by atoms with E-state index in [1.54, 1.807) is 12.1 Å². The number of carbonyl (C=O) groups is 1. The number of nitrogens with one attached hydrogen (secondary N) is 1. The van der Waals surface area contributed by atoms with E-state index in [4.69, 9.17) is 4.42 Å². The summed E-state index contributed by atoms with van der Waals surface area (Å²) < 4.78 is 32.4. The molecule has 192 valence electrons. The lowest BCUT2D eigenvalue weighted by atomic mass is 10.1. The third kappa shape index (κ3) is 5.70. The molecule has 1 aliphatic rings. The van der Waals surface area contributed by atoms with E-state index < -0.39 is 12.3 Å². The number of benzene rings is 1. The van der Waals surface area contributed by atoms with Gasteiger partial charge >= 0.3 is 6.43 Å². The number of rotatable bonds is 9. The first-order chi connectivity index (χ1) is 18.0. The van der Waals surface area contributed by atoms with Gasteiger partial charge in [0.15, 0.2) is 5.62 Å². The van der Waals surface area contributed by atoms with Crippen molar-refractivity contribution in [1.82, 2.24) is 30.3 Å². The highest BCUT2D eigenvalue weighted by atomic mass is 32.2. The van der Waals surface area contributed by atoms with Crippen molar-refractivity contribution in [2.75, 3.05) is 25.0 Å². The molecule has 0 saturated carbocycles. The molecule has 1 aliphatic heterocycles. The fraction of sp³-hybridized carbons (Fsp3) is 0.320. The number of halogens is 2. The maximum absolute atomic E-state index is 12.7. The second-order valence-corrected chi connectivity index (χ2v) is 9.60. The van der Waals surface area contributed by atoms with E-state index >= 15 is 0 Å². The first-order valence-corrected chi connectivity index (χ1v) is 12.7. The molecule has 1 N–H and O–H groups in total. The predicted molar refractivity (Wildman–Crippen MR) is 136 cm³/mol. The van der Waals surface area contributed by atoms with Gasteiger partial charge in [0.2, 0.25) is 5.89 Å². The van der Waals surface area contributed by atoms with Gasteiger partial charge < -0.3 is 14.6 Å². The smallest absolute Gasteiger partial charge is 0.314 e. The van der Waals surface area contributed by atoms with Crippen LogP contribution in [0.1, 0.15) is 36.9 Å². The minimum atomic E-state index is -2.82. The quantitative estimate of drug-likeness (QED) is 0.244. The molecule has 0 aliphatic carbocycles. The maximum Gasteiger partial charge on any atom is 0.314 e. The molecule has 4 aromatic rings. The summed E-state index contributed by atoms with van der Waals surface area (Å²) in [4.78, 5) is 18.7. The zero-order valence-corrected chi connectivity index (χ0v) is 20.9. The Hall–Kier alpha value is -3.64. The Morgan fingerprint density at radius 3 is 2.68 bits per heavy atom. The Labute approximate surface area is 216 Å². The number of nitrogens with zero attached hydrogens (tertiary/aromatic N) is 6. The van der Waals surface area contributed by atoms with Crippen LogP contribution < -0.4 is 10.2 Å². The highest BCUT2D eigenvalue weighted by Crippen LogP contribution is 2.34. The van der Waals surface area contributed by atoms with Crippen LogP contribution in [0.25, 0.3) is 22.6 Å². The molecular formula is C25H25F2N7O2S. The Kier molecular flexibility index (Phi) is 7.56. The minimum Gasteiger partial charge on any atom is -0.415 e. The molecular weight excluding hydrogens is 500 g/mol. The number of aromatic nitrogens is 5. The number of hydrogen-bond acceptors (Lipinski definition) is 9. The van der Waals surface area contributed by atoms with Crippen LogP contribution in [0.15, 0.2) is 58.2 Å². The molecule has 5 rings (SSSR count). The molecule has 0 atom stereocenters. The second kappa shape index (κ2) is 11.2. The third-order valence-corrected chi connectivity index (χ3v) is 6.94. The van der Waals surface area contributed by atoms with E-state index in [9.17, 15) is 13.6 Å². The van der Waals surface area contributed by atoms with E-state index in [0.717, 1.165) is 70.7 Å². The van der Waals surface area contributed by atoms with Crippen molar-refractivity contribution in [3.05, 3.63) is 60.5 Å². The lowest BCUT2D eigenvalue weighted by Crippen LogP contribution is -2.29. The summed E-state index contributed by atoms with van der Waals surface area (Å²) in [6.07, 6.45) is 4.74. The van der Waals surface area contributed by atoms with Gasteiger partial charge in [0.25, 0.3) is 5.89 Å². The molecule has 37 heavy (non-hydrogen) atoms. The molecule has 0 amide bonds. The third-order valence-electron chi connectivity index (χ3n) is 6.26. The summed E-state index contributed by atoms with van der Waals surface area (Å²) in [5.41, 5.74) is 4.91. The van der Waals surface area contributed by atoms with E-state index in [2.05, 4.69) is 31.8 Å². The molecule has 9 nitrogen and oxygen atoms in total. The molecule has 12 heteroatoms. The van der Waals surface area contributed by atoms with Crippen LogP contribution in [0.4, 0.5) is 14.5 Å². The van der Waals surface area contributed by atoms with Crippen LogP contribution in [0, 0.1) is 0 Å². The van der Waals surface area contributed by atoms with Crippen molar-refractivity contribution in [1.29, 1.82) is 0 Å². The second-order valence-electron chi connectivity index (χ2n) is 8.73. The number of piperidine rings is 1. The van der Waals surface area contributed by atoms with E-state index in [1.165, 1.54) is 6.20 Å². The van der Waals surface area contributed by atoms with Gasteiger partial charge in [-0.1, -0.05) is 17.8 Å². The molecule has 1 aromatic carbocycles. The highest BCUT2D eigenvalue weighted by molar-refractivity contribution is 8.12. The fourth-order valence-electron chi connectivity index (χ4n) is 4.33. The van der Waals surface area contributed by atoms with Crippen molar-refractivity contribution in [2.45, 2.75) is 36.7 Å². The van der Waals surface area contributed by atoms with E-state index in [-0.39, 0.29) is 5.89 Å². The number of thioether (sulfide) groups is 1. The zero-order chi connectivity index (χ0) is 25.8. The molecule has 1 fully saturated rings. The fourth-order valence-corrected chi connectivity index (χ4v) is 4.97. The normalized spacial score (nSPS) is 14.3. The average molecular weight is 526 g/mol. The summed E-state index contributed by atoms with van der Waals surface area (Å²) in [5.74, 6) is -0.729. The molecule has 0 bridgehead atoms. The minimum absolute atomic E-state index is 0.00793. The van der Waals surface area contributed by atoms with Crippen LogP contribution >= 0.6 is 11.8 Å². The van der Waals surface area contributed by atoms with Crippen LogP contribution in [0.3, 0.4) is 0 Å². The number of hydrogen-bond donors (Lipinski definition) is 1. The number of carbonyl (C=O) groups excluding carboxylic acids is 1. The van der Waals surface area contributed by atoms with Crippen molar-refractivity contribution < 1.29 is 18.0 Å². The summed E-state index contributed by atoms with van der Waals surface area (Å²) in [6.45, 7) is 2.45. The number of pyridine rings is 1. The van der Waals surface area contributed by atoms with Crippen LogP contribution in [0.5, 0.6) is 0 Å². The first kappa shape index (κ1) is 25.0. The summed E-state index contributed by atoms with van der Waals surface area (Å²) in [5, 5.41) is 14.9. The zero-order valence-electron chi connectivity index (χ0n) is 20.1. The number of alkyl halides is 2. The van der Waals surface area contributed by atoms with Crippen molar-refractivity contribution >= 4 is 23.1 Å². The highest BCUT2D eigenvalue weighted by Gasteiger charge is 2.19. The van der Waals surface area contributed by atoms with Crippen molar-refractivity contribution in [3.63, 3.8) is 0 Å². The summed E-state index contributed by atoms with van der Waals surface area (Å²) in [7, 11) is 1.92. The molecule has 0 spiro atoms. The van der Waals surface area contributed by atoms with Gasteiger partial charge in [0, 0.05) is 29.9 Å². The molecule has 4 heterocycles. The Morgan fingerprint density at radius 2 is 1.97 bits per heavy atom. The lowest BCUT2D eigenvalue weighted by molar-refractivity contribution is 0.116. The molecule has 1 saturated heterocycles. The predicted octanol–water partition coefficient (Wildman–Crippen LogP) is 4.78. The Balaban J connectivity index is 1.31. The first-order valence-electron chi connectivity index (χ1n) is 11.8. The monoisotopic (exact) mass is 525 g/mol. The summed E-state index contributed by atoms with van der Waals surface area (Å²) >= 11 is 1.12. The van der Waals surface area contributed by atoms with E-state index in [1.807, 2.05) is 41.0 Å². The SMILES string of the molecule is CN(Cc1ccc(-c2nnc(C(F)F)o2)cn1)c1ccc(-c2cnn(C3CCNCC3)c2)cc1SC=O. The average Bonchev–Trinajstić information content (AvgIpc) is 3.61. The van der Waals surface area contributed by atoms with Crippen LogP contribution in [-0.4, -0.2) is 50.7 Å². The summed E-state index contributed by atoms with van der Waals surface area (Å²) in [6, 6.07) is 9.88. The molecule has 3 aromatic heterocycles. The van der Waals surface area contributed by atoms with Gasteiger partial charge in [0.05, 0.1) is 35.7 Å². The topological polar surface area (TPSA) is 102 Å². The van der Waals surface area contributed by atoms with Gasteiger partial charge in [-0.3, -0.25) is 14.5 Å². The lowest BCUT2D eigenvalue weighted by Gasteiger charge is -2.23. The maximum atomic E-state index is 12.7. The number of anilines is 1. The Morgan fingerprint density at radius 1 is 1.16 bits per heavy atom. The van der Waals surface area contributed by atoms with Crippen molar-refractivity contribution in [2.24, 2.45) is 0 Å². The van der Waals surface area contributed by atoms with Crippen LogP contribution in [0.2, 0.25) is 0 Å². The van der Waals surface area contributed by atoms with Gasteiger partial charge in [-0.2, -0.15) is 13.9 Å². The molecule has 0 unspecified atom stereocenters. The van der Waals surface area contributed by atoms with Gasteiger partial charge in [0.1, 0.15) is 0 Å². The van der Waals surface area contributed by atoms with Crippen molar-refractivity contribution in [3.8, 4) is 22.6 Å². The van der Waals surface area contributed by atoms with Gasteiger partial charge in [-0.15, -0.1) is 10.2 Å². The standard InChI is InChI=1S/C25H25F2N7O2S/c1-33(14-19-4-2-17(11-29-19)24-31-32-25(36-24)23(26)27)21-5-3-16(10-22(21)37-15-35)18-12-30-34(13-18)20-6-8-28-9-7-20/h2-5,10-13,15,20,23,28H,6-9,14H2,1H3. The van der Waals surface area contributed by atoms with Crippen LogP contribution in [-0.2, 0) is 11.3 Å². The Bertz CT molecular complexity index is 1350.